The molecular formula is C28H44N2O2S. The Morgan fingerprint density at radius 3 is 2.36 bits per heavy atom. The Kier molecular flexibility index (Phi) is 9.86. The third-order valence-corrected chi connectivity index (χ3v) is 10.4. The topological polar surface area (TPSA) is 43.8 Å². The van der Waals surface area contributed by atoms with E-state index in [9.17, 15) is 4.79 Å². The number of anilines is 1. The quantitative estimate of drug-likeness (QED) is 0.377. The molecule has 2 atom stereocenters. The molecule has 0 radical (unpaired) electrons. The highest BCUT2D eigenvalue weighted by Gasteiger charge is 2.37. The molecule has 1 aromatic rings. The fourth-order valence-electron chi connectivity index (χ4n) is 4.81. The SMILES string of the molecule is CCC(CC1C(C)=C(CC=CCC=CCC(=O)O)c2ccc(N(C)C)cc2S1(C)C)N(C)C. The first-order valence-electron chi connectivity index (χ1n) is 11.9. The predicted octanol–water partition coefficient (Wildman–Crippen LogP) is 6.43. The summed E-state index contributed by atoms with van der Waals surface area (Å²) in [6, 6.07) is 7.58. The maximum Gasteiger partial charge on any atom is 0.307 e. The maximum atomic E-state index is 10.7. The van der Waals surface area contributed by atoms with Gasteiger partial charge in [0.05, 0.1) is 6.42 Å². The summed E-state index contributed by atoms with van der Waals surface area (Å²) >= 11 is 0. The van der Waals surface area contributed by atoms with Gasteiger partial charge in [-0.1, -0.05) is 42.9 Å². The molecule has 33 heavy (non-hydrogen) atoms. The minimum atomic E-state index is -1.01. The molecule has 1 aromatic carbocycles. The summed E-state index contributed by atoms with van der Waals surface area (Å²) in [5.41, 5.74) is 5.70. The first-order valence-corrected chi connectivity index (χ1v) is 14.4. The molecular weight excluding hydrogens is 428 g/mol. The molecule has 1 aliphatic heterocycles. The molecule has 0 fully saturated rings. The highest BCUT2D eigenvalue weighted by Crippen LogP contribution is 2.63. The molecule has 0 amide bonds. The van der Waals surface area contributed by atoms with Crippen molar-refractivity contribution in [3.8, 4) is 0 Å². The number of fused-ring (bicyclic) bond motifs is 1. The normalized spacial score (nSPS) is 19.8. The molecule has 0 saturated heterocycles. The second-order valence-corrected chi connectivity index (χ2v) is 13.7. The summed E-state index contributed by atoms with van der Waals surface area (Å²) in [4.78, 5) is 16.8. The summed E-state index contributed by atoms with van der Waals surface area (Å²) in [5, 5.41) is 9.33. The van der Waals surface area contributed by atoms with Crippen molar-refractivity contribution in [3.05, 3.63) is 53.6 Å². The first kappa shape index (κ1) is 27.3. The van der Waals surface area contributed by atoms with Gasteiger partial charge in [0.2, 0.25) is 0 Å². The van der Waals surface area contributed by atoms with Gasteiger partial charge in [-0.2, -0.15) is 0 Å². The summed E-state index contributed by atoms with van der Waals surface area (Å²) in [7, 11) is 7.63. The third kappa shape index (κ3) is 6.77. The molecule has 2 rings (SSSR count). The van der Waals surface area contributed by atoms with Crippen molar-refractivity contribution in [3.63, 3.8) is 0 Å². The predicted molar refractivity (Wildman–Crippen MR) is 147 cm³/mol. The third-order valence-electron chi connectivity index (χ3n) is 6.95. The number of carboxylic acid groups (broad SMARTS) is 1. The standard InChI is InChI=1S/C28H44N2O2S/c1-9-22(29(3)4)19-26-21(2)24(15-13-11-10-12-14-16-28(31)32)25-18-17-23(30(5)6)20-27(25)33(26,7)8/h11-14,17-18,20,22,26H,9-10,15-16,19H2,1-8H3,(H,31,32). The van der Waals surface area contributed by atoms with Crippen LogP contribution >= 0.6 is 10.0 Å². The molecule has 1 aliphatic rings. The van der Waals surface area contributed by atoms with Crippen molar-refractivity contribution in [2.45, 2.75) is 62.1 Å². The van der Waals surface area contributed by atoms with Gasteiger partial charge in [0, 0.05) is 31.1 Å². The lowest BCUT2D eigenvalue weighted by molar-refractivity contribution is -0.136. The maximum absolute atomic E-state index is 10.7. The van der Waals surface area contributed by atoms with E-state index < -0.39 is 16.0 Å². The molecule has 1 heterocycles. The second-order valence-electron chi connectivity index (χ2n) is 9.87. The lowest BCUT2D eigenvalue weighted by Crippen LogP contribution is -2.35. The molecule has 0 saturated carbocycles. The van der Waals surface area contributed by atoms with Gasteiger partial charge >= 0.3 is 5.97 Å². The summed E-state index contributed by atoms with van der Waals surface area (Å²) in [6.45, 7) is 4.66. The van der Waals surface area contributed by atoms with Crippen molar-refractivity contribution in [2.24, 2.45) is 0 Å². The fourth-order valence-corrected chi connectivity index (χ4v) is 8.03. The van der Waals surface area contributed by atoms with E-state index in [1.54, 1.807) is 11.6 Å². The number of aliphatic carboxylic acids is 1. The fraction of sp³-hybridized carbons (Fsp3) is 0.536. The number of carbonyl (C=O) groups is 1. The average molecular weight is 473 g/mol. The largest absolute Gasteiger partial charge is 0.481 e. The van der Waals surface area contributed by atoms with Crippen LogP contribution in [-0.4, -0.2) is 68.0 Å². The van der Waals surface area contributed by atoms with Crippen LogP contribution in [0.2, 0.25) is 0 Å². The van der Waals surface area contributed by atoms with E-state index in [1.165, 1.54) is 28.1 Å². The van der Waals surface area contributed by atoms with Crippen LogP contribution in [0.25, 0.3) is 5.57 Å². The molecule has 184 valence electrons. The molecule has 4 nitrogen and oxygen atoms in total. The van der Waals surface area contributed by atoms with Crippen LogP contribution in [0.4, 0.5) is 5.69 Å². The zero-order valence-corrected chi connectivity index (χ0v) is 22.7. The average Bonchev–Trinajstić information content (AvgIpc) is 2.74. The van der Waals surface area contributed by atoms with Crippen LogP contribution in [0.5, 0.6) is 0 Å². The van der Waals surface area contributed by atoms with E-state index in [2.05, 4.69) is 94.7 Å². The van der Waals surface area contributed by atoms with Crippen molar-refractivity contribution < 1.29 is 9.90 Å². The molecule has 0 aliphatic carbocycles. The van der Waals surface area contributed by atoms with E-state index in [0.717, 1.165) is 19.3 Å². The van der Waals surface area contributed by atoms with Crippen LogP contribution in [0.1, 0.15) is 51.5 Å². The van der Waals surface area contributed by atoms with Crippen molar-refractivity contribution in [1.82, 2.24) is 4.90 Å². The van der Waals surface area contributed by atoms with E-state index in [1.807, 2.05) is 6.08 Å². The first-order chi connectivity index (χ1) is 15.5. The molecule has 0 aromatic heterocycles. The van der Waals surface area contributed by atoms with Crippen LogP contribution in [0.15, 0.2) is 53.0 Å². The Morgan fingerprint density at radius 2 is 1.79 bits per heavy atom. The van der Waals surface area contributed by atoms with Crippen LogP contribution < -0.4 is 4.90 Å². The number of benzene rings is 1. The monoisotopic (exact) mass is 472 g/mol. The van der Waals surface area contributed by atoms with Gasteiger partial charge in [0.15, 0.2) is 0 Å². The smallest absolute Gasteiger partial charge is 0.307 e. The minimum absolute atomic E-state index is 0.0870. The van der Waals surface area contributed by atoms with Crippen LogP contribution in [0.3, 0.4) is 0 Å². The molecule has 1 N–H and O–H groups in total. The Hall–Kier alpha value is -1.98. The zero-order valence-electron chi connectivity index (χ0n) is 21.9. The Morgan fingerprint density at radius 1 is 1.12 bits per heavy atom. The Bertz CT molecular complexity index is 912. The Labute approximate surface area is 203 Å². The number of carboxylic acids is 1. The van der Waals surface area contributed by atoms with Crippen molar-refractivity contribution in [1.29, 1.82) is 0 Å². The van der Waals surface area contributed by atoms with Gasteiger partial charge in [0.1, 0.15) is 0 Å². The van der Waals surface area contributed by atoms with Crippen molar-refractivity contribution in [2.75, 3.05) is 45.6 Å². The molecule has 2 unspecified atom stereocenters. The number of hydrogen-bond donors (Lipinski definition) is 1. The molecule has 5 heteroatoms. The number of hydrogen-bond acceptors (Lipinski definition) is 3. The highest BCUT2D eigenvalue weighted by molar-refractivity contribution is 8.33. The Balaban J connectivity index is 2.42. The number of allylic oxidation sites excluding steroid dienone is 4. The minimum Gasteiger partial charge on any atom is -0.481 e. The molecule has 0 bridgehead atoms. The van der Waals surface area contributed by atoms with Gasteiger partial charge in [-0.25, -0.2) is 10.0 Å². The van der Waals surface area contributed by atoms with Gasteiger partial charge in [-0.05, 0) is 87.4 Å². The van der Waals surface area contributed by atoms with E-state index in [-0.39, 0.29) is 6.42 Å². The van der Waals surface area contributed by atoms with Gasteiger partial charge in [-0.3, -0.25) is 4.79 Å². The zero-order chi connectivity index (χ0) is 24.8. The summed E-state index contributed by atoms with van der Waals surface area (Å²) in [5.74, 6) is -0.786. The molecule has 0 spiro atoms. The lowest BCUT2D eigenvalue weighted by Gasteiger charge is -2.48. The number of nitrogens with zero attached hydrogens (tertiary/aromatic N) is 2. The van der Waals surface area contributed by atoms with Crippen LogP contribution in [-0.2, 0) is 4.79 Å². The van der Waals surface area contributed by atoms with Crippen LogP contribution in [0, 0.1) is 0 Å². The van der Waals surface area contributed by atoms with Gasteiger partial charge in [0.25, 0.3) is 0 Å². The highest BCUT2D eigenvalue weighted by atomic mass is 32.3. The summed E-state index contributed by atoms with van der Waals surface area (Å²) in [6.07, 6.45) is 17.2. The van der Waals surface area contributed by atoms with E-state index in [0.29, 0.717) is 11.3 Å². The van der Waals surface area contributed by atoms with Gasteiger partial charge < -0.3 is 14.9 Å². The number of rotatable bonds is 11. The van der Waals surface area contributed by atoms with E-state index >= 15 is 0 Å². The lowest BCUT2D eigenvalue weighted by atomic mass is 9.92. The second kappa shape index (κ2) is 11.9. The van der Waals surface area contributed by atoms with E-state index in [4.69, 9.17) is 5.11 Å². The summed E-state index contributed by atoms with van der Waals surface area (Å²) < 4.78 is 0. The van der Waals surface area contributed by atoms with Gasteiger partial charge in [-0.15, -0.1) is 0 Å². The van der Waals surface area contributed by atoms with Crippen molar-refractivity contribution >= 4 is 27.3 Å².